The largest absolute Gasteiger partial charge is 0.411 e. The molecule has 1 amide bonds. The van der Waals surface area contributed by atoms with Crippen LogP contribution in [0.4, 0.5) is 13.2 Å². The normalized spacial score (nSPS) is 14.5. The predicted molar refractivity (Wildman–Crippen MR) is 75.0 cm³/mol. The number of ether oxygens (including phenoxy) is 1. The minimum atomic E-state index is -4.48. The van der Waals surface area contributed by atoms with E-state index in [0.717, 1.165) is 5.56 Å². The van der Waals surface area contributed by atoms with Crippen LogP contribution in [-0.4, -0.2) is 47.4 Å². The average molecular weight is 319 g/mol. The highest BCUT2D eigenvalue weighted by molar-refractivity contribution is 5.80. The number of amides is 1. The Kier molecular flexibility index (Phi) is 6.83. The summed E-state index contributed by atoms with van der Waals surface area (Å²) in [4.78, 5) is 13.5. The Hall–Kier alpha value is -1.60. The first-order valence-electron chi connectivity index (χ1n) is 6.88. The van der Waals surface area contributed by atoms with E-state index in [1.54, 1.807) is 24.3 Å². The second-order valence-corrected chi connectivity index (χ2v) is 5.12. The number of aliphatic hydroxyl groups excluding tert-OH is 1. The monoisotopic (exact) mass is 319 g/mol. The Morgan fingerprint density at radius 1 is 1.27 bits per heavy atom. The van der Waals surface area contributed by atoms with E-state index in [2.05, 4.69) is 4.74 Å². The minimum Gasteiger partial charge on any atom is -0.392 e. The van der Waals surface area contributed by atoms with Gasteiger partial charge in [-0.25, -0.2) is 0 Å². The minimum absolute atomic E-state index is 0.0213. The maximum absolute atomic E-state index is 12.2. The van der Waals surface area contributed by atoms with E-state index < -0.39 is 30.9 Å². The summed E-state index contributed by atoms with van der Waals surface area (Å²) in [5.41, 5.74) is 0.819. The van der Waals surface area contributed by atoms with Gasteiger partial charge >= 0.3 is 6.18 Å². The molecule has 0 fully saturated rings. The maximum Gasteiger partial charge on any atom is 0.411 e. The molecule has 1 aromatic rings. The van der Waals surface area contributed by atoms with Crippen molar-refractivity contribution in [2.24, 2.45) is 0 Å². The zero-order valence-corrected chi connectivity index (χ0v) is 12.5. The molecule has 1 rings (SSSR count). The van der Waals surface area contributed by atoms with Gasteiger partial charge in [-0.15, -0.1) is 0 Å². The lowest BCUT2D eigenvalue weighted by atomic mass is 10.2. The van der Waals surface area contributed by atoms with E-state index in [1.807, 2.05) is 6.07 Å². The summed E-state index contributed by atoms with van der Waals surface area (Å²) in [6.07, 6.45) is -6.50. The Balaban J connectivity index is 2.71. The molecule has 0 saturated carbocycles. The second-order valence-electron chi connectivity index (χ2n) is 5.12. The molecule has 0 spiro atoms. The molecule has 0 saturated heterocycles. The number of nitrogens with zero attached hydrogens (tertiary/aromatic N) is 1. The number of rotatable bonds is 7. The number of carbonyl (C=O) groups is 1. The lowest BCUT2D eigenvalue weighted by Gasteiger charge is -2.27. The molecule has 0 aliphatic rings. The van der Waals surface area contributed by atoms with E-state index in [1.165, 1.54) is 18.7 Å². The first-order valence-corrected chi connectivity index (χ1v) is 6.88. The molecule has 1 aromatic carbocycles. The van der Waals surface area contributed by atoms with E-state index in [4.69, 9.17) is 0 Å². The van der Waals surface area contributed by atoms with Crippen LogP contribution in [0.2, 0.25) is 0 Å². The standard InChI is InChI=1S/C15H20F3NO3/c1-11(20)8-19(9-13-6-4-3-5-7-13)14(21)12(2)22-10-15(16,17)18/h3-7,11-12,20H,8-10H2,1-2H3/t11-,12-/m0/s1. The highest BCUT2D eigenvalue weighted by atomic mass is 19.4. The molecule has 4 nitrogen and oxygen atoms in total. The molecule has 2 atom stereocenters. The van der Waals surface area contributed by atoms with E-state index in [-0.39, 0.29) is 13.1 Å². The van der Waals surface area contributed by atoms with E-state index in [0.29, 0.717) is 0 Å². The highest BCUT2D eigenvalue weighted by Crippen LogP contribution is 2.16. The van der Waals surface area contributed by atoms with Crippen LogP contribution in [0.3, 0.4) is 0 Å². The molecule has 124 valence electrons. The predicted octanol–water partition coefficient (Wildman–Crippen LogP) is 2.36. The van der Waals surface area contributed by atoms with Gasteiger partial charge in [0.25, 0.3) is 5.91 Å². The van der Waals surface area contributed by atoms with Gasteiger partial charge in [-0.1, -0.05) is 30.3 Å². The van der Waals surface area contributed by atoms with Gasteiger partial charge in [-0.3, -0.25) is 4.79 Å². The van der Waals surface area contributed by atoms with Gasteiger partial charge in [0.15, 0.2) is 0 Å². The first-order chi connectivity index (χ1) is 10.2. The molecule has 0 heterocycles. The van der Waals surface area contributed by atoms with Crippen molar-refractivity contribution in [1.29, 1.82) is 0 Å². The van der Waals surface area contributed by atoms with Crippen LogP contribution < -0.4 is 0 Å². The molecule has 22 heavy (non-hydrogen) atoms. The number of carbonyl (C=O) groups excluding carboxylic acids is 1. The second kappa shape index (κ2) is 8.14. The van der Waals surface area contributed by atoms with Crippen molar-refractivity contribution in [2.75, 3.05) is 13.2 Å². The number of alkyl halides is 3. The fourth-order valence-corrected chi connectivity index (χ4v) is 1.90. The molecule has 0 aliphatic heterocycles. The van der Waals surface area contributed by atoms with Crippen molar-refractivity contribution in [2.45, 2.75) is 38.8 Å². The van der Waals surface area contributed by atoms with Crippen molar-refractivity contribution < 1.29 is 27.8 Å². The summed E-state index contributed by atoms with van der Waals surface area (Å²) < 4.78 is 41.0. The molecule has 0 unspecified atom stereocenters. The van der Waals surface area contributed by atoms with Crippen LogP contribution in [0.5, 0.6) is 0 Å². The maximum atomic E-state index is 12.2. The molecule has 0 aromatic heterocycles. The van der Waals surface area contributed by atoms with Crippen molar-refractivity contribution in [3.8, 4) is 0 Å². The summed E-state index contributed by atoms with van der Waals surface area (Å²) in [6, 6.07) is 9.00. The first kappa shape index (κ1) is 18.4. The summed E-state index contributed by atoms with van der Waals surface area (Å²) >= 11 is 0. The van der Waals surface area contributed by atoms with Gasteiger partial charge < -0.3 is 14.7 Å². The van der Waals surface area contributed by atoms with Crippen LogP contribution in [-0.2, 0) is 16.1 Å². The van der Waals surface area contributed by atoms with E-state index in [9.17, 15) is 23.1 Å². The molecule has 7 heteroatoms. The van der Waals surface area contributed by atoms with Crippen LogP contribution in [0.15, 0.2) is 30.3 Å². The number of benzene rings is 1. The topological polar surface area (TPSA) is 49.8 Å². The summed E-state index contributed by atoms with van der Waals surface area (Å²) in [6.45, 7) is 1.52. The molecule has 0 bridgehead atoms. The van der Waals surface area contributed by atoms with Gasteiger partial charge in [-0.2, -0.15) is 13.2 Å². The van der Waals surface area contributed by atoms with Crippen molar-refractivity contribution >= 4 is 5.91 Å². The Labute approximate surface area is 127 Å². The molecular formula is C15H20F3NO3. The third-order valence-corrected chi connectivity index (χ3v) is 2.86. The van der Waals surface area contributed by atoms with Crippen LogP contribution in [0, 0.1) is 0 Å². The zero-order chi connectivity index (χ0) is 16.8. The van der Waals surface area contributed by atoms with Gasteiger partial charge in [0.2, 0.25) is 0 Å². The lowest BCUT2D eigenvalue weighted by molar-refractivity contribution is -0.189. The fourth-order valence-electron chi connectivity index (χ4n) is 1.90. The number of aliphatic hydroxyl groups is 1. The molecule has 0 radical (unpaired) electrons. The Morgan fingerprint density at radius 3 is 2.36 bits per heavy atom. The summed E-state index contributed by atoms with van der Waals surface area (Å²) in [5, 5.41) is 9.48. The van der Waals surface area contributed by atoms with Gasteiger partial charge in [-0.05, 0) is 19.4 Å². The average Bonchev–Trinajstić information content (AvgIpc) is 2.43. The Bertz CT molecular complexity index is 463. The molecule has 0 aliphatic carbocycles. The number of halogens is 3. The zero-order valence-electron chi connectivity index (χ0n) is 12.5. The highest BCUT2D eigenvalue weighted by Gasteiger charge is 2.31. The van der Waals surface area contributed by atoms with Crippen molar-refractivity contribution in [3.63, 3.8) is 0 Å². The fraction of sp³-hybridized carbons (Fsp3) is 0.533. The lowest BCUT2D eigenvalue weighted by Crippen LogP contribution is -2.43. The number of hydrogen-bond acceptors (Lipinski definition) is 3. The van der Waals surface area contributed by atoms with Gasteiger partial charge in [0.1, 0.15) is 12.7 Å². The van der Waals surface area contributed by atoms with Crippen LogP contribution >= 0.6 is 0 Å². The van der Waals surface area contributed by atoms with Crippen molar-refractivity contribution in [3.05, 3.63) is 35.9 Å². The smallest absolute Gasteiger partial charge is 0.392 e. The third-order valence-electron chi connectivity index (χ3n) is 2.86. The number of hydrogen-bond donors (Lipinski definition) is 1. The van der Waals surface area contributed by atoms with Gasteiger partial charge in [0.05, 0.1) is 6.10 Å². The Morgan fingerprint density at radius 2 is 1.86 bits per heavy atom. The van der Waals surface area contributed by atoms with Gasteiger partial charge in [0, 0.05) is 13.1 Å². The molecule has 1 N–H and O–H groups in total. The third kappa shape index (κ3) is 6.91. The van der Waals surface area contributed by atoms with Crippen molar-refractivity contribution in [1.82, 2.24) is 4.90 Å². The van der Waals surface area contributed by atoms with E-state index >= 15 is 0 Å². The van der Waals surface area contributed by atoms with Crippen LogP contribution in [0.1, 0.15) is 19.4 Å². The van der Waals surface area contributed by atoms with Crippen LogP contribution in [0.25, 0.3) is 0 Å². The SMILES string of the molecule is C[C@H](O)CN(Cc1ccccc1)C(=O)[C@H](C)OCC(F)(F)F. The summed E-state index contributed by atoms with van der Waals surface area (Å²) in [5.74, 6) is -0.589. The summed E-state index contributed by atoms with van der Waals surface area (Å²) in [7, 11) is 0. The molecular weight excluding hydrogens is 299 g/mol. The quantitative estimate of drug-likeness (QED) is 0.839.